The van der Waals surface area contributed by atoms with E-state index in [0.29, 0.717) is 28.9 Å². The van der Waals surface area contributed by atoms with Crippen LogP contribution in [0.15, 0.2) is 55.0 Å². The fraction of sp³-hybridized carbons (Fsp3) is 0.292. The van der Waals surface area contributed by atoms with Crippen molar-refractivity contribution in [1.82, 2.24) is 14.5 Å². The van der Waals surface area contributed by atoms with Gasteiger partial charge in [0.25, 0.3) is 5.91 Å². The maximum atomic E-state index is 14.6. The zero-order valence-electron chi connectivity index (χ0n) is 17.5. The minimum Gasteiger partial charge on any atom is -0.340 e. The number of hydrogen-bond acceptors (Lipinski definition) is 3. The average molecular weight is 407 g/mol. The highest BCUT2D eigenvalue weighted by Gasteiger charge is 2.24. The summed E-state index contributed by atoms with van der Waals surface area (Å²) >= 11 is 0. The Morgan fingerprint density at radius 1 is 1.20 bits per heavy atom. The summed E-state index contributed by atoms with van der Waals surface area (Å²) in [5.41, 5.74) is 2.74. The van der Waals surface area contributed by atoms with Crippen LogP contribution in [-0.4, -0.2) is 32.7 Å². The fourth-order valence-corrected chi connectivity index (χ4v) is 3.63. The Labute approximate surface area is 176 Å². The van der Waals surface area contributed by atoms with Gasteiger partial charge >= 0.3 is 0 Å². The molecule has 0 radical (unpaired) electrons. The Kier molecular flexibility index (Phi) is 6.77. The highest BCUT2D eigenvalue weighted by atomic mass is 19.1. The number of aromatic nitrogens is 2. The molecule has 0 saturated carbocycles. The van der Waals surface area contributed by atoms with Gasteiger partial charge in [0.05, 0.1) is 6.33 Å². The molecule has 0 unspecified atom stereocenters. The van der Waals surface area contributed by atoms with Crippen molar-refractivity contribution in [3.05, 3.63) is 77.6 Å². The van der Waals surface area contributed by atoms with Gasteiger partial charge in [0, 0.05) is 37.0 Å². The first-order chi connectivity index (χ1) is 14.5. The zero-order valence-corrected chi connectivity index (χ0v) is 17.5. The molecule has 3 rings (SSSR count). The van der Waals surface area contributed by atoms with Gasteiger partial charge < -0.3 is 9.47 Å². The van der Waals surface area contributed by atoms with E-state index < -0.39 is 0 Å². The van der Waals surface area contributed by atoms with Crippen LogP contribution in [0.5, 0.6) is 0 Å². The van der Waals surface area contributed by atoms with E-state index in [1.165, 1.54) is 6.07 Å². The van der Waals surface area contributed by atoms with Crippen molar-refractivity contribution in [2.45, 2.75) is 39.3 Å². The Balaban J connectivity index is 1.96. The van der Waals surface area contributed by atoms with Gasteiger partial charge in [0.2, 0.25) is 0 Å². The third-order valence-electron chi connectivity index (χ3n) is 5.29. The van der Waals surface area contributed by atoms with Crippen molar-refractivity contribution < 1.29 is 14.0 Å². The van der Waals surface area contributed by atoms with Crippen LogP contribution in [-0.2, 0) is 13.6 Å². The van der Waals surface area contributed by atoms with Crippen LogP contribution in [0, 0.1) is 5.82 Å². The van der Waals surface area contributed by atoms with Gasteiger partial charge in [-0.05, 0) is 42.2 Å². The predicted molar refractivity (Wildman–Crippen MR) is 115 cm³/mol. The minimum absolute atomic E-state index is 0.0476. The summed E-state index contributed by atoms with van der Waals surface area (Å²) in [6.45, 7) is 4.45. The number of carbonyl (C=O) groups is 2. The van der Waals surface area contributed by atoms with Gasteiger partial charge in [-0.1, -0.05) is 38.1 Å². The van der Waals surface area contributed by atoms with Crippen molar-refractivity contribution in [1.29, 1.82) is 0 Å². The lowest BCUT2D eigenvalue weighted by Gasteiger charge is -2.30. The molecule has 3 aromatic rings. The Hall–Kier alpha value is -3.28. The van der Waals surface area contributed by atoms with E-state index in [-0.39, 0.29) is 17.8 Å². The largest absolute Gasteiger partial charge is 0.340 e. The Bertz CT molecular complexity index is 1040. The van der Waals surface area contributed by atoms with Gasteiger partial charge in [-0.25, -0.2) is 9.37 Å². The minimum atomic E-state index is -0.369. The summed E-state index contributed by atoms with van der Waals surface area (Å²) < 4.78 is 16.3. The van der Waals surface area contributed by atoms with E-state index >= 15 is 0 Å². The molecule has 0 fully saturated rings. The number of nitrogens with zero attached hydrogens (tertiary/aromatic N) is 3. The fourth-order valence-electron chi connectivity index (χ4n) is 3.63. The van der Waals surface area contributed by atoms with E-state index in [0.717, 1.165) is 24.7 Å². The molecular weight excluding hydrogens is 381 g/mol. The maximum absolute atomic E-state index is 14.6. The number of aryl methyl sites for hydroxylation is 1. The van der Waals surface area contributed by atoms with Crippen molar-refractivity contribution in [2.24, 2.45) is 7.05 Å². The summed E-state index contributed by atoms with van der Waals surface area (Å²) in [7, 11) is 1.82. The van der Waals surface area contributed by atoms with Crippen molar-refractivity contribution >= 4 is 12.2 Å². The second-order valence-electron chi connectivity index (χ2n) is 7.39. The molecule has 156 valence electrons. The van der Waals surface area contributed by atoms with Crippen LogP contribution in [0.3, 0.4) is 0 Å². The van der Waals surface area contributed by atoms with Crippen molar-refractivity contribution in [2.75, 3.05) is 0 Å². The quantitative estimate of drug-likeness (QED) is 0.501. The van der Waals surface area contributed by atoms with Crippen LogP contribution in [0.1, 0.15) is 53.1 Å². The molecule has 30 heavy (non-hydrogen) atoms. The lowest BCUT2D eigenvalue weighted by atomic mass is 10.00. The summed E-state index contributed by atoms with van der Waals surface area (Å²) in [6.07, 6.45) is 5.67. The monoisotopic (exact) mass is 407 g/mol. The normalized spacial score (nSPS) is 11.0. The molecular formula is C24H26FN3O2. The molecule has 0 bridgehead atoms. The van der Waals surface area contributed by atoms with E-state index in [1.807, 2.05) is 20.9 Å². The van der Waals surface area contributed by atoms with Gasteiger partial charge in [0.15, 0.2) is 0 Å². The van der Waals surface area contributed by atoms with Crippen molar-refractivity contribution in [3.8, 4) is 11.1 Å². The summed E-state index contributed by atoms with van der Waals surface area (Å²) in [4.78, 5) is 30.3. The van der Waals surface area contributed by atoms with Crippen molar-refractivity contribution in [3.63, 3.8) is 0 Å². The van der Waals surface area contributed by atoms with E-state index in [2.05, 4.69) is 4.98 Å². The molecule has 0 aliphatic heterocycles. The van der Waals surface area contributed by atoms with Gasteiger partial charge in [-0.2, -0.15) is 0 Å². The summed E-state index contributed by atoms with van der Waals surface area (Å²) in [5.74, 6) is -0.509. The Morgan fingerprint density at radius 3 is 2.60 bits per heavy atom. The van der Waals surface area contributed by atoms with Crippen LogP contribution in [0.4, 0.5) is 4.39 Å². The molecule has 5 nitrogen and oxygen atoms in total. The van der Waals surface area contributed by atoms with Gasteiger partial charge in [-0.15, -0.1) is 0 Å². The van der Waals surface area contributed by atoms with Crippen LogP contribution in [0.25, 0.3) is 11.1 Å². The van der Waals surface area contributed by atoms with Gasteiger partial charge in [0.1, 0.15) is 17.8 Å². The molecule has 0 atom stereocenters. The smallest absolute Gasteiger partial charge is 0.274 e. The average Bonchev–Trinajstić information content (AvgIpc) is 3.20. The number of halogens is 1. The highest BCUT2D eigenvalue weighted by Crippen LogP contribution is 2.26. The number of carbonyl (C=O) groups excluding carboxylic acids is 2. The number of hydrogen-bond donors (Lipinski definition) is 0. The molecule has 1 heterocycles. The molecule has 2 aromatic carbocycles. The molecule has 0 aliphatic carbocycles. The first-order valence-electron chi connectivity index (χ1n) is 10.1. The number of benzene rings is 2. The topological polar surface area (TPSA) is 55.2 Å². The first kappa shape index (κ1) is 21.4. The van der Waals surface area contributed by atoms with Crippen LogP contribution < -0.4 is 0 Å². The highest BCUT2D eigenvalue weighted by molar-refractivity contribution is 5.92. The SMILES string of the molecule is CCC(CC)N(Cc1ccc(F)c(-c2cccc(C=O)c2)c1)C(=O)c1cn(C)cn1. The third-order valence-corrected chi connectivity index (χ3v) is 5.29. The van der Waals surface area contributed by atoms with E-state index in [4.69, 9.17) is 0 Å². The third kappa shape index (κ3) is 4.64. The number of rotatable bonds is 8. The summed E-state index contributed by atoms with van der Waals surface area (Å²) in [5, 5.41) is 0. The number of amides is 1. The Morgan fingerprint density at radius 2 is 1.97 bits per heavy atom. The predicted octanol–water partition coefficient (Wildman–Crippen LogP) is 4.87. The summed E-state index contributed by atoms with van der Waals surface area (Å²) in [6, 6.07) is 11.7. The maximum Gasteiger partial charge on any atom is 0.274 e. The molecule has 6 heteroatoms. The molecule has 0 aliphatic rings. The van der Waals surface area contributed by atoms with Gasteiger partial charge in [-0.3, -0.25) is 9.59 Å². The number of imidazole rings is 1. The first-order valence-corrected chi connectivity index (χ1v) is 10.1. The lowest BCUT2D eigenvalue weighted by Crippen LogP contribution is -2.39. The standard InChI is InChI=1S/C24H26FN3O2/c1-4-20(5-2)28(24(30)23-14-27(3)16-26-23)13-17-9-10-22(25)21(12-17)19-8-6-7-18(11-19)15-29/h6-12,14-16,20H,4-5,13H2,1-3H3. The van der Waals surface area contributed by atoms with E-state index in [9.17, 15) is 14.0 Å². The molecule has 0 saturated heterocycles. The molecule has 1 aromatic heterocycles. The second-order valence-corrected chi connectivity index (χ2v) is 7.39. The van der Waals surface area contributed by atoms with Crippen LogP contribution >= 0.6 is 0 Å². The number of aldehydes is 1. The van der Waals surface area contributed by atoms with Crippen LogP contribution in [0.2, 0.25) is 0 Å². The lowest BCUT2D eigenvalue weighted by molar-refractivity contribution is 0.0644. The molecule has 1 amide bonds. The van der Waals surface area contributed by atoms with E-state index in [1.54, 1.807) is 58.4 Å². The molecule has 0 N–H and O–H groups in total. The zero-order chi connectivity index (χ0) is 21.7. The second kappa shape index (κ2) is 9.48. The molecule has 0 spiro atoms.